The first-order chi connectivity index (χ1) is 21.8. The first kappa shape index (κ1) is 24.7. The first-order valence-corrected chi connectivity index (χ1v) is 14.8. The van der Waals surface area contributed by atoms with Crippen molar-refractivity contribution in [2.75, 3.05) is 9.80 Å². The molecule has 1 aliphatic heterocycles. The van der Waals surface area contributed by atoms with Gasteiger partial charge in [-0.3, -0.25) is 0 Å². The Bertz CT molecular complexity index is 2130. The molecule has 0 bridgehead atoms. The van der Waals surface area contributed by atoms with Gasteiger partial charge in [-0.25, -0.2) is 9.97 Å². The molecule has 1 atom stereocenters. The minimum absolute atomic E-state index is 0.0951. The van der Waals surface area contributed by atoms with E-state index in [1.54, 1.807) is 0 Å². The van der Waals surface area contributed by atoms with Crippen LogP contribution < -0.4 is 9.80 Å². The Morgan fingerprint density at radius 2 is 1.14 bits per heavy atom. The summed E-state index contributed by atoms with van der Waals surface area (Å²) < 4.78 is 12.1. The average molecular weight is 571 g/mol. The van der Waals surface area contributed by atoms with Crippen molar-refractivity contribution in [1.82, 2.24) is 9.97 Å². The number of fused-ring (bicyclic) bond motifs is 4. The molecule has 0 radical (unpaired) electrons. The van der Waals surface area contributed by atoms with Crippen LogP contribution in [0.1, 0.15) is 18.2 Å². The van der Waals surface area contributed by atoms with Crippen LogP contribution in [0.3, 0.4) is 0 Å². The second-order valence-electron chi connectivity index (χ2n) is 11.0. The second-order valence-corrected chi connectivity index (χ2v) is 11.0. The molecule has 210 valence electrons. The molecule has 2 aromatic heterocycles. The molecule has 1 unspecified atom stereocenters. The summed E-state index contributed by atoms with van der Waals surface area (Å²) in [6, 6.07) is 41.3. The van der Waals surface area contributed by atoms with Crippen molar-refractivity contribution in [2.45, 2.75) is 12.3 Å². The third-order valence-corrected chi connectivity index (χ3v) is 8.36. The van der Waals surface area contributed by atoms with Crippen LogP contribution in [0, 0.1) is 0 Å². The molecule has 6 heteroatoms. The molecule has 1 aliphatic carbocycles. The van der Waals surface area contributed by atoms with Crippen molar-refractivity contribution in [2.24, 2.45) is 0 Å². The number of nitrogens with zero attached hydrogens (tertiary/aromatic N) is 4. The van der Waals surface area contributed by atoms with E-state index in [1.807, 2.05) is 48.5 Å². The summed E-state index contributed by atoms with van der Waals surface area (Å²) in [6.45, 7) is 0. The highest BCUT2D eigenvalue weighted by Gasteiger charge is 2.31. The van der Waals surface area contributed by atoms with E-state index < -0.39 is 0 Å². The Hall–Kier alpha value is -5.88. The molecule has 5 aromatic carbocycles. The van der Waals surface area contributed by atoms with Gasteiger partial charge in [0.25, 0.3) is 0 Å². The first-order valence-electron chi connectivity index (χ1n) is 14.8. The van der Waals surface area contributed by atoms with E-state index in [0.29, 0.717) is 5.89 Å². The maximum atomic E-state index is 6.09. The van der Waals surface area contributed by atoms with Crippen molar-refractivity contribution in [3.63, 3.8) is 0 Å². The summed E-state index contributed by atoms with van der Waals surface area (Å²) in [5, 5.41) is 0. The number of anilines is 5. The summed E-state index contributed by atoms with van der Waals surface area (Å²) in [5.41, 5.74) is 10.9. The Balaban J connectivity index is 1.07. The fraction of sp³-hybridized carbons (Fsp3) is 0.0526. The SMILES string of the molecule is C1=CC(c2nc3ccccc3o2)CC=C1N1c2ccccc2N(c2ccc(-c3nc4ccccc4o3)cc2)c2ccccc21. The smallest absolute Gasteiger partial charge is 0.227 e. The molecular formula is C38H26N4O2. The highest BCUT2D eigenvalue weighted by molar-refractivity contribution is 5.99. The molecule has 3 heterocycles. The van der Waals surface area contributed by atoms with Gasteiger partial charge in [-0.1, -0.05) is 60.7 Å². The predicted molar refractivity (Wildman–Crippen MR) is 175 cm³/mol. The van der Waals surface area contributed by atoms with Crippen LogP contribution in [0.15, 0.2) is 154 Å². The van der Waals surface area contributed by atoms with Crippen molar-refractivity contribution in [1.29, 1.82) is 0 Å². The lowest BCUT2D eigenvalue weighted by molar-refractivity contribution is 0.504. The standard InChI is InChI=1S/C38H26N4O2/c1-7-15-35-29(9-1)39-37(43-35)25-17-21-27(22-18-25)41-31-11-3-5-13-33(31)42(34-14-6-4-12-32(34)41)28-23-19-26(20-24-28)38-40-30-10-2-8-16-36(30)44-38/h1-19,21-24,26H,20H2. The number of para-hydroxylation sites is 8. The Morgan fingerprint density at radius 3 is 1.73 bits per heavy atom. The molecular weight excluding hydrogens is 544 g/mol. The number of benzene rings is 5. The molecule has 9 rings (SSSR count). The molecule has 7 aromatic rings. The zero-order chi connectivity index (χ0) is 29.0. The lowest BCUT2D eigenvalue weighted by Crippen LogP contribution is -2.26. The fourth-order valence-electron chi connectivity index (χ4n) is 6.26. The molecule has 0 fully saturated rings. The predicted octanol–water partition coefficient (Wildman–Crippen LogP) is 10.2. The van der Waals surface area contributed by atoms with Gasteiger partial charge >= 0.3 is 0 Å². The van der Waals surface area contributed by atoms with Crippen molar-refractivity contribution in [3.05, 3.63) is 151 Å². The van der Waals surface area contributed by atoms with Gasteiger partial charge in [-0.05, 0) is 85.3 Å². The van der Waals surface area contributed by atoms with Crippen LogP contribution in [0.25, 0.3) is 33.7 Å². The number of allylic oxidation sites excluding steroid dienone is 3. The molecule has 0 N–H and O–H groups in total. The quantitative estimate of drug-likeness (QED) is 0.210. The summed E-state index contributed by atoms with van der Waals surface area (Å²) in [7, 11) is 0. The zero-order valence-electron chi connectivity index (χ0n) is 23.7. The maximum absolute atomic E-state index is 6.09. The Labute approximate surface area is 253 Å². The highest BCUT2D eigenvalue weighted by atomic mass is 16.4. The molecule has 2 aliphatic rings. The summed E-state index contributed by atoms with van der Waals surface area (Å²) in [6.07, 6.45) is 7.50. The molecule has 44 heavy (non-hydrogen) atoms. The van der Waals surface area contributed by atoms with Gasteiger partial charge in [-0.15, -0.1) is 0 Å². The van der Waals surface area contributed by atoms with E-state index in [9.17, 15) is 0 Å². The molecule has 0 saturated carbocycles. The summed E-state index contributed by atoms with van der Waals surface area (Å²) in [5.74, 6) is 1.47. The van der Waals surface area contributed by atoms with Crippen LogP contribution >= 0.6 is 0 Å². The van der Waals surface area contributed by atoms with E-state index in [2.05, 4.69) is 106 Å². The van der Waals surface area contributed by atoms with Crippen molar-refractivity contribution in [3.8, 4) is 11.5 Å². The van der Waals surface area contributed by atoms with Crippen LogP contribution in [-0.2, 0) is 0 Å². The minimum Gasteiger partial charge on any atom is -0.440 e. The van der Waals surface area contributed by atoms with Gasteiger partial charge in [0.2, 0.25) is 11.8 Å². The average Bonchev–Trinajstić information content (AvgIpc) is 3.72. The Kier molecular flexibility index (Phi) is 5.53. The molecule has 6 nitrogen and oxygen atoms in total. The topological polar surface area (TPSA) is 58.5 Å². The van der Waals surface area contributed by atoms with Crippen LogP contribution in [0.4, 0.5) is 28.4 Å². The van der Waals surface area contributed by atoms with Crippen LogP contribution in [0.5, 0.6) is 0 Å². The third kappa shape index (κ3) is 3.96. The zero-order valence-corrected chi connectivity index (χ0v) is 23.7. The van der Waals surface area contributed by atoms with E-state index in [1.165, 1.54) is 0 Å². The van der Waals surface area contributed by atoms with Crippen LogP contribution in [0.2, 0.25) is 0 Å². The summed E-state index contributed by atoms with van der Waals surface area (Å²) in [4.78, 5) is 14.1. The maximum Gasteiger partial charge on any atom is 0.227 e. The number of oxazole rings is 2. The van der Waals surface area contributed by atoms with Gasteiger partial charge < -0.3 is 18.6 Å². The fourth-order valence-corrected chi connectivity index (χ4v) is 6.26. The van der Waals surface area contributed by atoms with Crippen molar-refractivity contribution >= 4 is 50.6 Å². The van der Waals surface area contributed by atoms with Gasteiger partial charge in [0.1, 0.15) is 11.0 Å². The monoisotopic (exact) mass is 570 g/mol. The van der Waals surface area contributed by atoms with E-state index >= 15 is 0 Å². The highest BCUT2D eigenvalue weighted by Crippen LogP contribution is 2.53. The Morgan fingerprint density at radius 1 is 0.568 bits per heavy atom. The van der Waals surface area contributed by atoms with Gasteiger partial charge in [0.15, 0.2) is 11.2 Å². The van der Waals surface area contributed by atoms with Gasteiger partial charge in [-0.2, -0.15) is 0 Å². The number of hydrogen-bond donors (Lipinski definition) is 0. The number of rotatable bonds is 4. The third-order valence-electron chi connectivity index (χ3n) is 8.36. The van der Waals surface area contributed by atoms with E-state index in [0.717, 1.165) is 74.2 Å². The van der Waals surface area contributed by atoms with Gasteiger partial charge in [0, 0.05) is 16.9 Å². The van der Waals surface area contributed by atoms with Gasteiger partial charge in [0.05, 0.1) is 28.7 Å². The minimum atomic E-state index is 0.0951. The normalized spacial score (nSPS) is 15.8. The number of hydrogen-bond acceptors (Lipinski definition) is 6. The largest absolute Gasteiger partial charge is 0.440 e. The van der Waals surface area contributed by atoms with E-state index in [-0.39, 0.29) is 5.92 Å². The summed E-state index contributed by atoms with van der Waals surface area (Å²) >= 11 is 0. The van der Waals surface area contributed by atoms with Crippen LogP contribution in [-0.4, -0.2) is 9.97 Å². The molecule has 0 spiro atoms. The molecule has 0 amide bonds. The lowest BCUT2D eigenvalue weighted by Gasteiger charge is -2.41. The van der Waals surface area contributed by atoms with E-state index in [4.69, 9.17) is 13.8 Å². The lowest BCUT2D eigenvalue weighted by atomic mass is 9.97. The second kappa shape index (κ2) is 9.85. The number of aromatic nitrogens is 2. The molecule has 0 saturated heterocycles. The van der Waals surface area contributed by atoms with Crippen molar-refractivity contribution < 1.29 is 8.83 Å².